The zero-order valence-electron chi connectivity index (χ0n) is 31.5. The third-order valence-corrected chi connectivity index (χ3v) is 5.47. The number of nitrogens with zero attached hydrogens (tertiary/aromatic N) is 1. The van der Waals surface area contributed by atoms with Gasteiger partial charge in [0.15, 0.2) is 0 Å². The molecule has 2 aliphatic rings. The van der Waals surface area contributed by atoms with E-state index in [0.717, 1.165) is 11.3 Å². The Morgan fingerprint density at radius 2 is 2.30 bits per heavy atom. The molecule has 146 valence electrons. The van der Waals surface area contributed by atoms with Gasteiger partial charge in [0.1, 0.15) is 5.75 Å². The molecule has 27 heavy (non-hydrogen) atoms. The van der Waals surface area contributed by atoms with Crippen LogP contribution in [0.5, 0.6) is 5.75 Å². The minimum atomic E-state index is -3.53. The Labute approximate surface area is 191 Å². The van der Waals surface area contributed by atoms with Crippen LogP contribution in [-0.4, -0.2) is 24.2 Å². The highest BCUT2D eigenvalue weighted by atomic mass is 32.1. The Morgan fingerprint density at radius 3 is 3.11 bits per heavy atom. The minimum Gasteiger partial charge on any atom is -0.496 e. The van der Waals surface area contributed by atoms with Crippen LogP contribution in [0.2, 0.25) is 0 Å². The zero-order valence-corrected chi connectivity index (χ0v) is 15.3. The highest BCUT2D eigenvalue weighted by Gasteiger charge is 2.48. The largest absolute Gasteiger partial charge is 0.496 e. The van der Waals surface area contributed by atoms with Gasteiger partial charge >= 0.3 is 0 Å². The van der Waals surface area contributed by atoms with Gasteiger partial charge in [-0.1, -0.05) is 25.2 Å². The monoisotopic (exact) mass is 402 g/mol. The fourth-order valence-corrected chi connectivity index (χ4v) is 4.04. The Balaban J connectivity index is 1.86. The molecule has 2 fully saturated rings. The van der Waals surface area contributed by atoms with Crippen LogP contribution in [-0.2, 0) is 16.5 Å². The molecular formula is C23H31NO2S. The lowest BCUT2D eigenvalue weighted by molar-refractivity contribution is -0.104. The number of pyridine rings is 1. The smallest absolute Gasteiger partial charge is 0.132 e. The standard InChI is InChI=1S/C23H31NO2S/c1-25-19-10-17-27-20(19)8-2-4-11-22(21-9-3-7-15-24-21)14-16-26-23(18-22)12-5-6-13-23/h3,7,9-10,15,17H,2,4-6,8,11-14,16,18H2,1H3/t22-/m1/s1/i1D3,4D2,5D2,6D2,8D2,12D2,13D2,16D2. The lowest BCUT2D eigenvalue weighted by atomic mass is 9.67. The molecule has 1 atom stereocenters. The Bertz CT molecular complexity index is 1350. The molecule has 1 aliphatic carbocycles. The number of aromatic nitrogens is 1. The van der Waals surface area contributed by atoms with Gasteiger partial charge in [0.2, 0.25) is 0 Å². The molecular weight excluding hydrogens is 354 g/mol. The summed E-state index contributed by atoms with van der Waals surface area (Å²) >= 11 is 0.802. The number of hydrogen-bond acceptors (Lipinski definition) is 4. The summed E-state index contributed by atoms with van der Waals surface area (Å²) in [6.07, 6.45) is -21.2. The van der Waals surface area contributed by atoms with Gasteiger partial charge in [-0.15, -0.1) is 11.3 Å². The van der Waals surface area contributed by atoms with E-state index in [4.69, 9.17) is 32.8 Å². The van der Waals surface area contributed by atoms with Crippen LogP contribution in [0.4, 0.5) is 0 Å². The molecule has 2 aromatic rings. The second-order valence-electron chi connectivity index (χ2n) is 6.42. The first-order chi connectivity index (χ1) is 19.6. The van der Waals surface area contributed by atoms with Crippen LogP contribution in [0.25, 0.3) is 0 Å². The zero-order chi connectivity index (χ0) is 33.6. The lowest BCUT2D eigenvalue weighted by Gasteiger charge is -2.46. The van der Waals surface area contributed by atoms with Crippen molar-refractivity contribution in [2.24, 2.45) is 0 Å². The van der Waals surface area contributed by atoms with Crippen molar-refractivity contribution in [3.8, 4) is 5.75 Å². The molecule has 1 spiro atoms. The van der Waals surface area contributed by atoms with E-state index in [9.17, 15) is 0 Å². The number of hydrogen-bond donors (Lipinski definition) is 0. The molecule has 0 bridgehead atoms. The van der Waals surface area contributed by atoms with Crippen LogP contribution in [0.3, 0.4) is 0 Å². The Hall–Kier alpha value is -1.39. The van der Waals surface area contributed by atoms with E-state index in [0.29, 0.717) is 0 Å². The van der Waals surface area contributed by atoms with E-state index in [2.05, 4.69) is 4.98 Å². The van der Waals surface area contributed by atoms with Gasteiger partial charge in [-0.3, -0.25) is 4.98 Å². The fourth-order valence-electron chi connectivity index (χ4n) is 3.33. The second-order valence-corrected chi connectivity index (χ2v) is 7.33. The van der Waals surface area contributed by atoms with Crippen molar-refractivity contribution in [3.63, 3.8) is 0 Å². The van der Waals surface area contributed by atoms with Crippen molar-refractivity contribution >= 4 is 11.3 Å². The molecule has 0 aromatic carbocycles. The third kappa shape index (κ3) is 4.07. The van der Waals surface area contributed by atoms with Crippen molar-refractivity contribution in [2.45, 2.75) is 74.9 Å². The molecule has 4 heteroatoms. The summed E-state index contributed by atoms with van der Waals surface area (Å²) in [6.45, 7) is -2.95. The lowest BCUT2D eigenvalue weighted by Crippen LogP contribution is -2.46. The van der Waals surface area contributed by atoms with E-state index >= 15 is 0 Å². The van der Waals surface area contributed by atoms with Crippen molar-refractivity contribution < 1.29 is 32.8 Å². The van der Waals surface area contributed by atoms with Crippen molar-refractivity contribution in [2.75, 3.05) is 13.6 Å². The normalized spacial score (nSPS) is 44.5. The van der Waals surface area contributed by atoms with E-state index in [1.807, 2.05) is 0 Å². The molecule has 0 amide bonds. The summed E-state index contributed by atoms with van der Waals surface area (Å²) in [5.74, 6) is -0.312. The number of ether oxygens (including phenoxy) is 2. The van der Waals surface area contributed by atoms with Crippen molar-refractivity contribution in [1.29, 1.82) is 0 Å². The van der Waals surface area contributed by atoms with Gasteiger partial charge in [0, 0.05) is 45.2 Å². The molecule has 1 saturated heterocycles. The first-order valence-electron chi connectivity index (χ1n) is 17.0. The van der Waals surface area contributed by atoms with Crippen LogP contribution in [0.1, 0.15) is 91.4 Å². The first kappa shape index (κ1) is 7.46. The van der Waals surface area contributed by atoms with Gasteiger partial charge < -0.3 is 9.47 Å². The van der Waals surface area contributed by atoms with Crippen LogP contribution < -0.4 is 4.74 Å². The van der Waals surface area contributed by atoms with Crippen molar-refractivity contribution in [3.05, 3.63) is 46.4 Å². The Morgan fingerprint density at radius 1 is 1.37 bits per heavy atom. The number of methoxy groups -OCH3 is 1. The molecule has 0 unspecified atom stereocenters. The summed E-state index contributed by atoms with van der Waals surface area (Å²) < 4.78 is 153. The topological polar surface area (TPSA) is 31.4 Å². The third-order valence-electron chi connectivity index (χ3n) is 4.62. The minimum absolute atomic E-state index is 0.0295. The summed E-state index contributed by atoms with van der Waals surface area (Å²) in [5.41, 5.74) is -5.12. The maximum Gasteiger partial charge on any atom is 0.132 e. The Kier molecular flexibility index (Phi) is 2.30. The molecule has 4 rings (SSSR count). The van der Waals surface area contributed by atoms with Crippen LogP contribution >= 0.6 is 11.3 Å². The SMILES string of the molecule is [2H]C([2H])(CC([2H])([2H])c1sccc1OC([2H])([2H])[2H])C[C@@]1(c2ccccn2)CC([2H])([2H])OC2(C1)C([2H])([2H])C([2H])([2H])C([2H])([2H])C2([2H])[2H]. The molecule has 1 aliphatic heterocycles. The fraction of sp³-hybridized carbons (Fsp3) is 0.609. The van der Waals surface area contributed by atoms with Gasteiger partial charge in [-0.05, 0) is 68.4 Å². The van der Waals surface area contributed by atoms with E-state index in [1.165, 1.54) is 35.8 Å². The van der Waals surface area contributed by atoms with E-state index in [-0.39, 0.29) is 16.3 Å². The average molecular weight is 403 g/mol. The summed E-state index contributed by atoms with van der Waals surface area (Å²) in [5, 5.41) is 1.38. The van der Waals surface area contributed by atoms with Crippen LogP contribution in [0, 0.1) is 0 Å². The number of thiophene rings is 1. The second kappa shape index (κ2) is 8.32. The average Bonchev–Trinajstić information content (AvgIpc) is 3.30. The molecule has 1 saturated carbocycles. The number of rotatable bonds is 7. The van der Waals surface area contributed by atoms with Gasteiger partial charge in [0.05, 0.1) is 19.5 Å². The molecule has 0 radical (unpaired) electrons. The summed E-state index contributed by atoms with van der Waals surface area (Å²) in [7, 11) is -2.91. The highest BCUT2D eigenvalue weighted by molar-refractivity contribution is 7.10. The van der Waals surface area contributed by atoms with Crippen molar-refractivity contribution in [1.82, 2.24) is 4.98 Å². The maximum absolute atomic E-state index is 8.94. The predicted molar refractivity (Wildman–Crippen MR) is 111 cm³/mol. The molecule has 3 heterocycles. The van der Waals surface area contributed by atoms with E-state index < -0.39 is 88.5 Å². The summed E-state index contributed by atoms with van der Waals surface area (Å²) in [6, 6.07) is 5.60. The maximum atomic E-state index is 8.94. The quantitative estimate of drug-likeness (QED) is 0.575. The molecule has 0 N–H and O–H groups in total. The highest BCUT2D eigenvalue weighted by Crippen LogP contribution is 2.50. The summed E-state index contributed by atoms with van der Waals surface area (Å²) in [4.78, 5) is 4.04. The van der Waals surface area contributed by atoms with Gasteiger partial charge in [-0.2, -0.15) is 0 Å². The van der Waals surface area contributed by atoms with Gasteiger partial charge in [-0.25, -0.2) is 0 Å². The first-order valence-corrected chi connectivity index (χ1v) is 9.36. The van der Waals surface area contributed by atoms with Gasteiger partial charge in [0.25, 0.3) is 0 Å². The number of aryl methyl sites for hydroxylation is 1. The van der Waals surface area contributed by atoms with E-state index in [1.54, 1.807) is 0 Å². The van der Waals surface area contributed by atoms with Crippen LogP contribution in [0.15, 0.2) is 35.8 Å². The molecule has 2 aromatic heterocycles. The predicted octanol–water partition coefficient (Wildman–Crippen LogP) is 5.93. The molecule has 3 nitrogen and oxygen atoms in total.